The largest absolute Gasteiger partial charge is 0.496 e. The number of guanidine groups is 1. The molecule has 1 atom stereocenters. The van der Waals surface area contributed by atoms with Crippen LogP contribution in [0.4, 0.5) is 0 Å². The molecular weight excluding hydrogens is 525 g/mol. The lowest BCUT2D eigenvalue weighted by Gasteiger charge is -2.23. The van der Waals surface area contributed by atoms with Crippen molar-refractivity contribution in [1.82, 2.24) is 20.4 Å². The van der Waals surface area contributed by atoms with E-state index in [-0.39, 0.29) is 24.0 Å². The molecule has 9 heteroatoms. The Morgan fingerprint density at radius 2 is 2.15 bits per heavy atom. The van der Waals surface area contributed by atoms with Crippen molar-refractivity contribution in [3.8, 4) is 5.75 Å². The summed E-state index contributed by atoms with van der Waals surface area (Å²) in [4.78, 5) is 4.58. The molecule has 3 N–H and O–H groups in total. The molecule has 150 valence electrons. The number of aliphatic hydroxyl groups is 1. The first-order chi connectivity index (χ1) is 12.4. The number of nitrogens with one attached hydrogen (secondary N) is 2. The Morgan fingerprint density at radius 1 is 1.41 bits per heavy atom. The lowest BCUT2D eigenvalue weighted by atomic mass is 10.00. The van der Waals surface area contributed by atoms with Crippen LogP contribution in [0.5, 0.6) is 5.75 Å². The highest BCUT2D eigenvalue weighted by molar-refractivity contribution is 14.0. The molecule has 0 spiro atoms. The zero-order valence-electron chi connectivity index (χ0n) is 16.0. The number of hydrogen-bond acceptors (Lipinski definition) is 4. The van der Waals surface area contributed by atoms with Crippen molar-refractivity contribution in [2.75, 3.05) is 20.2 Å². The first-order valence-electron chi connectivity index (χ1n) is 8.42. The summed E-state index contributed by atoms with van der Waals surface area (Å²) < 4.78 is 7.81. The standard InChI is InChI=1S/C18H26BrN5O2.HI/c1-5-20-17(21-9-13-6-7-16(26-4)15(19)8-13)22-12-18(2,25)14-10-23-24(3)11-14;/h6-8,10-11,25H,5,9,12H2,1-4H3,(H2,20,21,22);1H. The molecule has 2 rings (SSSR count). The molecular formula is C18H27BrIN5O2. The fourth-order valence-corrected chi connectivity index (χ4v) is 2.97. The number of benzene rings is 1. The molecule has 0 bridgehead atoms. The van der Waals surface area contributed by atoms with E-state index in [9.17, 15) is 5.11 Å². The van der Waals surface area contributed by atoms with Crippen molar-refractivity contribution in [3.05, 3.63) is 46.2 Å². The maximum atomic E-state index is 10.7. The molecule has 1 aromatic carbocycles. The third-order valence-electron chi connectivity index (χ3n) is 3.91. The number of aryl methyl sites for hydroxylation is 1. The van der Waals surface area contributed by atoms with Crippen molar-refractivity contribution in [1.29, 1.82) is 0 Å². The van der Waals surface area contributed by atoms with Crippen molar-refractivity contribution >= 4 is 45.9 Å². The van der Waals surface area contributed by atoms with Crippen molar-refractivity contribution in [2.45, 2.75) is 26.0 Å². The summed E-state index contributed by atoms with van der Waals surface area (Å²) in [5.74, 6) is 1.43. The monoisotopic (exact) mass is 551 g/mol. The Bertz CT molecular complexity index is 764. The summed E-state index contributed by atoms with van der Waals surface area (Å²) in [7, 11) is 3.46. The van der Waals surface area contributed by atoms with Gasteiger partial charge >= 0.3 is 0 Å². The molecule has 0 aliphatic heterocycles. The lowest BCUT2D eigenvalue weighted by molar-refractivity contribution is 0.0616. The predicted octanol–water partition coefficient (Wildman–Crippen LogP) is 2.77. The van der Waals surface area contributed by atoms with Crippen LogP contribution in [0, 0.1) is 0 Å². The van der Waals surface area contributed by atoms with Crippen LogP contribution in [0.25, 0.3) is 0 Å². The molecule has 0 aliphatic rings. The maximum Gasteiger partial charge on any atom is 0.191 e. The molecule has 2 aromatic rings. The van der Waals surface area contributed by atoms with Crippen LogP contribution in [-0.2, 0) is 19.2 Å². The number of nitrogens with zero attached hydrogens (tertiary/aromatic N) is 3. The lowest BCUT2D eigenvalue weighted by Crippen LogP contribution is -2.44. The van der Waals surface area contributed by atoms with E-state index in [1.54, 1.807) is 31.1 Å². The van der Waals surface area contributed by atoms with Gasteiger partial charge in [0, 0.05) is 25.4 Å². The highest BCUT2D eigenvalue weighted by Crippen LogP contribution is 2.25. The second-order valence-corrected chi connectivity index (χ2v) is 7.05. The number of ether oxygens (including phenoxy) is 1. The molecule has 7 nitrogen and oxygen atoms in total. The van der Waals surface area contributed by atoms with Gasteiger partial charge in [-0.3, -0.25) is 4.68 Å². The van der Waals surface area contributed by atoms with Crippen LogP contribution in [0.15, 0.2) is 40.1 Å². The van der Waals surface area contributed by atoms with Gasteiger partial charge in [0.2, 0.25) is 0 Å². The van der Waals surface area contributed by atoms with Gasteiger partial charge in [-0.2, -0.15) is 5.10 Å². The van der Waals surface area contributed by atoms with Gasteiger partial charge in [-0.05, 0) is 47.5 Å². The van der Waals surface area contributed by atoms with E-state index in [1.165, 1.54) is 0 Å². The molecule has 27 heavy (non-hydrogen) atoms. The first kappa shape index (κ1) is 23.7. The Labute approximate surface area is 185 Å². The minimum Gasteiger partial charge on any atom is -0.496 e. The predicted molar refractivity (Wildman–Crippen MR) is 122 cm³/mol. The van der Waals surface area contributed by atoms with E-state index in [0.29, 0.717) is 19.0 Å². The van der Waals surface area contributed by atoms with Gasteiger partial charge in [-0.25, -0.2) is 4.99 Å². The minimum absolute atomic E-state index is 0. The molecule has 0 saturated heterocycles. The van der Waals surface area contributed by atoms with Gasteiger partial charge < -0.3 is 20.5 Å². The van der Waals surface area contributed by atoms with E-state index >= 15 is 0 Å². The van der Waals surface area contributed by atoms with Crippen LogP contribution in [0.3, 0.4) is 0 Å². The summed E-state index contributed by atoms with van der Waals surface area (Å²) in [6.07, 6.45) is 3.47. The average Bonchev–Trinajstić information content (AvgIpc) is 3.05. The average molecular weight is 552 g/mol. The highest BCUT2D eigenvalue weighted by Gasteiger charge is 2.24. The molecule has 0 aliphatic carbocycles. The van der Waals surface area contributed by atoms with Crippen LogP contribution < -0.4 is 15.4 Å². The molecule has 1 unspecified atom stereocenters. The summed E-state index contributed by atoms with van der Waals surface area (Å²) in [5, 5.41) is 21.2. The smallest absolute Gasteiger partial charge is 0.191 e. The Hall–Kier alpha value is -1.33. The van der Waals surface area contributed by atoms with E-state index < -0.39 is 5.60 Å². The number of methoxy groups -OCH3 is 1. The molecule has 1 aromatic heterocycles. The third kappa shape index (κ3) is 6.96. The van der Waals surface area contributed by atoms with Crippen molar-refractivity contribution < 1.29 is 9.84 Å². The van der Waals surface area contributed by atoms with Crippen LogP contribution >= 0.6 is 39.9 Å². The quantitative estimate of drug-likeness (QED) is 0.280. The van der Waals surface area contributed by atoms with Crippen LogP contribution in [0.2, 0.25) is 0 Å². The van der Waals surface area contributed by atoms with Gasteiger partial charge in [0.15, 0.2) is 5.96 Å². The number of halogens is 2. The second kappa shape index (κ2) is 10.9. The third-order valence-corrected chi connectivity index (χ3v) is 4.53. The molecule has 0 fully saturated rings. The normalized spacial score (nSPS) is 13.5. The highest BCUT2D eigenvalue weighted by atomic mass is 127. The zero-order chi connectivity index (χ0) is 19.2. The summed E-state index contributed by atoms with van der Waals surface area (Å²) in [6.45, 7) is 5.30. The molecule has 1 heterocycles. The number of hydrogen-bond donors (Lipinski definition) is 3. The Kier molecular flexibility index (Phi) is 9.54. The number of rotatable bonds is 7. The Morgan fingerprint density at radius 3 is 2.70 bits per heavy atom. The zero-order valence-corrected chi connectivity index (χ0v) is 19.9. The van der Waals surface area contributed by atoms with Gasteiger partial charge in [0.25, 0.3) is 0 Å². The van der Waals surface area contributed by atoms with Gasteiger partial charge in [-0.15, -0.1) is 24.0 Å². The van der Waals surface area contributed by atoms with E-state index in [4.69, 9.17) is 4.74 Å². The fraction of sp³-hybridized carbons (Fsp3) is 0.444. The van der Waals surface area contributed by atoms with Gasteiger partial charge in [0.1, 0.15) is 11.4 Å². The van der Waals surface area contributed by atoms with Crippen molar-refractivity contribution in [3.63, 3.8) is 0 Å². The second-order valence-electron chi connectivity index (χ2n) is 6.19. The topological polar surface area (TPSA) is 83.7 Å². The summed E-state index contributed by atoms with van der Waals surface area (Å²) >= 11 is 3.48. The van der Waals surface area contributed by atoms with Crippen LogP contribution in [0.1, 0.15) is 25.0 Å². The minimum atomic E-state index is -1.05. The molecule has 0 saturated carbocycles. The van der Waals surface area contributed by atoms with Crippen LogP contribution in [-0.4, -0.2) is 41.0 Å². The summed E-state index contributed by atoms with van der Waals surface area (Å²) in [6, 6.07) is 5.86. The van der Waals surface area contributed by atoms with E-state index in [2.05, 4.69) is 36.7 Å². The number of aliphatic imine (C=N–C) groups is 1. The summed E-state index contributed by atoms with van der Waals surface area (Å²) in [5.41, 5.74) is 0.754. The molecule has 0 radical (unpaired) electrons. The fourth-order valence-electron chi connectivity index (χ4n) is 2.38. The van der Waals surface area contributed by atoms with Gasteiger partial charge in [0.05, 0.1) is 30.9 Å². The van der Waals surface area contributed by atoms with Crippen molar-refractivity contribution in [2.24, 2.45) is 12.0 Å². The van der Waals surface area contributed by atoms with E-state index in [0.717, 1.165) is 27.9 Å². The Balaban J connectivity index is 0.00000364. The number of aromatic nitrogens is 2. The van der Waals surface area contributed by atoms with E-state index in [1.807, 2.05) is 32.2 Å². The SMILES string of the molecule is CCNC(=NCc1ccc(OC)c(Br)c1)NCC(C)(O)c1cnn(C)c1.I. The molecule has 0 amide bonds. The van der Waals surface area contributed by atoms with Gasteiger partial charge in [-0.1, -0.05) is 6.07 Å². The first-order valence-corrected chi connectivity index (χ1v) is 9.21. The maximum absolute atomic E-state index is 10.7.